The van der Waals surface area contributed by atoms with E-state index in [0.717, 1.165) is 38.8 Å². The molecule has 0 spiro atoms. The second-order valence-electron chi connectivity index (χ2n) is 12.7. The van der Waals surface area contributed by atoms with Gasteiger partial charge >= 0.3 is 0 Å². The number of carbonyl (C=O) groups is 4. The zero-order valence-electron chi connectivity index (χ0n) is 29.2. The molecular formula is C39H35ClN6O6S. The largest absolute Gasteiger partial charge is 0.456 e. The van der Waals surface area contributed by atoms with Gasteiger partial charge in [0.15, 0.2) is 5.82 Å². The normalized spacial score (nSPS) is 14.8. The van der Waals surface area contributed by atoms with Gasteiger partial charge in [0.25, 0.3) is 17.6 Å². The molecule has 1 atom stereocenters. The maximum absolute atomic E-state index is 13.3. The molecular weight excluding hydrogens is 716 g/mol. The van der Waals surface area contributed by atoms with Crippen LogP contribution in [0, 0.1) is 20.8 Å². The van der Waals surface area contributed by atoms with Crippen molar-refractivity contribution in [2.45, 2.75) is 46.1 Å². The summed E-state index contributed by atoms with van der Waals surface area (Å²) in [6.45, 7) is 7.15. The van der Waals surface area contributed by atoms with Crippen molar-refractivity contribution in [1.29, 1.82) is 0 Å². The number of halogens is 1. The quantitative estimate of drug-likeness (QED) is 0.0869. The number of hydrogen-bond acceptors (Lipinski definition) is 10. The number of amides is 3. The molecule has 2 aromatic heterocycles. The van der Waals surface area contributed by atoms with E-state index in [1.807, 2.05) is 54.0 Å². The molecule has 0 aliphatic carbocycles. The molecule has 12 nitrogen and oxygen atoms in total. The van der Waals surface area contributed by atoms with Crippen molar-refractivity contribution >= 4 is 52.2 Å². The predicted octanol–water partition coefficient (Wildman–Crippen LogP) is 6.20. The van der Waals surface area contributed by atoms with Crippen molar-refractivity contribution in [1.82, 2.24) is 25.4 Å². The first-order chi connectivity index (χ1) is 25.6. The van der Waals surface area contributed by atoms with Gasteiger partial charge in [-0.2, -0.15) is 0 Å². The van der Waals surface area contributed by atoms with Gasteiger partial charge in [0, 0.05) is 39.7 Å². The van der Waals surface area contributed by atoms with E-state index in [0.29, 0.717) is 49.2 Å². The monoisotopic (exact) mass is 750 g/mol. The van der Waals surface area contributed by atoms with Gasteiger partial charge in [-0.25, -0.2) is 0 Å². The van der Waals surface area contributed by atoms with Gasteiger partial charge in [0.1, 0.15) is 28.4 Å². The first-order valence-corrected chi connectivity index (χ1v) is 18.3. The lowest BCUT2D eigenvalue weighted by Gasteiger charge is -2.18. The molecule has 270 valence electrons. The SMILES string of the molecule is Cc1sc2c(c1C)C(c1ccc(Cl)cc1)=N[C@@H](CC(=O)NCCOCCCc1ccccc1Oc1cccc3c1C(=O)NC(=O)C3=O)c1nnc(C)n1-2. The van der Waals surface area contributed by atoms with Gasteiger partial charge in [-0.15, -0.1) is 21.5 Å². The average Bonchev–Trinajstić information content (AvgIpc) is 3.62. The van der Waals surface area contributed by atoms with Crippen LogP contribution >= 0.6 is 22.9 Å². The number of imide groups is 1. The molecule has 7 rings (SSSR count). The van der Waals surface area contributed by atoms with E-state index in [1.54, 1.807) is 29.5 Å². The van der Waals surface area contributed by atoms with E-state index in [4.69, 9.17) is 26.1 Å². The molecule has 3 aromatic carbocycles. The minimum Gasteiger partial charge on any atom is -0.456 e. The van der Waals surface area contributed by atoms with Crippen molar-refractivity contribution in [2.24, 2.45) is 4.99 Å². The third-order valence-corrected chi connectivity index (χ3v) is 10.6. The van der Waals surface area contributed by atoms with Crippen molar-refractivity contribution < 1.29 is 28.7 Å². The summed E-state index contributed by atoms with van der Waals surface area (Å²) in [6, 6.07) is 19.0. The first-order valence-electron chi connectivity index (χ1n) is 17.1. The standard InChI is InChI=1S/C39H35ClN6O6S/c1-21-22(2)53-39-32(21)34(25-13-15-26(40)16-14-25)42-28(36-45-44-23(3)46(36)39)20-31(47)41-17-19-51-18-7-9-24-8-4-5-11-29(24)52-30-12-6-10-27-33(30)37(49)43-38(50)35(27)48/h4-6,8,10-16,28H,7,9,17-20H2,1-3H3,(H,41,47)(H,43,49,50)/t28-/m0/s1. The van der Waals surface area contributed by atoms with Crippen LogP contribution < -0.4 is 15.4 Å². The summed E-state index contributed by atoms with van der Waals surface area (Å²) in [5.41, 5.74) is 4.74. The van der Waals surface area contributed by atoms with Gasteiger partial charge in [-0.1, -0.05) is 48.0 Å². The van der Waals surface area contributed by atoms with Crippen LogP contribution in [0.5, 0.6) is 11.5 Å². The van der Waals surface area contributed by atoms with Crippen molar-refractivity contribution in [3.8, 4) is 16.5 Å². The summed E-state index contributed by atoms with van der Waals surface area (Å²) in [4.78, 5) is 56.3. The van der Waals surface area contributed by atoms with Gasteiger partial charge in [-0.05, 0) is 75.1 Å². The molecule has 0 radical (unpaired) electrons. The Morgan fingerprint density at radius 1 is 0.925 bits per heavy atom. The fourth-order valence-electron chi connectivity index (χ4n) is 6.42. The lowest BCUT2D eigenvalue weighted by Crippen LogP contribution is -2.42. The van der Waals surface area contributed by atoms with Crippen LogP contribution in [0.2, 0.25) is 5.02 Å². The summed E-state index contributed by atoms with van der Waals surface area (Å²) >= 11 is 7.87. The number of Topliss-reactive ketones (excluding diaryl/α,β-unsaturated/α-hetero) is 1. The Morgan fingerprint density at radius 3 is 2.51 bits per heavy atom. The number of aliphatic imine (C=N–C) groups is 1. The lowest BCUT2D eigenvalue weighted by atomic mass is 9.98. The summed E-state index contributed by atoms with van der Waals surface area (Å²) < 4.78 is 14.0. The molecule has 14 heteroatoms. The van der Waals surface area contributed by atoms with Gasteiger partial charge in [0.2, 0.25) is 5.91 Å². The number of benzene rings is 3. The van der Waals surface area contributed by atoms with Gasteiger partial charge in [0.05, 0.1) is 24.3 Å². The minimum absolute atomic E-state index is 0.0132. The second kappa shape index (κ2) is 15.2. The third-order valence-electron chi connectivity index (χ3n) is 9.16. The van der Waals surface area contributed by atoms with Crippen LogP contribution in [0.3, 0.4) is 0 Å². The number of nitrogens with one attached hydrogen (secondary N) is 2. The van der Waals surface area contributed by atoms with Crippen LogP contribution in [-0.2, 0) is 20.7 Å². The highest BCUT2D eigenvalue weighted by Gasteiger charge is 2.34. The van der Waals surface area contributed by atoms with E-state index < -0.39 is 23.6 Å². The Bertz CT molecular complexity index is 2300. The fraction of sp³-hybridized carbons (Fsp3) is 0.256. The molecule has 5 aromatic rings. The highest BCUT2D eigenvalue weighted by molar-refractivity contribution is 7.15. The van der Waals surface area contributed by atoms with Crippen molar-refractivity contribution in [3.05, 3.63) is 122 Å². The summed E-state index contributed by atoms with van der Waals surface area (Å²) in [6.07, 6.45) is 1.36. The molecule has 53 heavy (non-hydrogen) atoms. The molecule has 2 aliphatic heterocycles. The number of aromatic nitrogens is 3. The summed E-state index contributed by atoms with van der Waals surface area (Å²) in [7, 11) is 0. The molecule has 3 amide bonds. The van der Waals surface area contributed by atoms with E-state index >= 15 is 0 Å². The number of fused-ring (bicyclic) bond motifs is 4. The highest BCUT2D eigenvalue weighted by Crippen LogP contribution is 2.39. The number of para-hydroxylation sites is 1. The highest BCUT2D eigenvalue weighted by atomic mass is 35.5. The maximum Gasteiger partial charge on any atom is 0.299 e. The average molecular weight is 751 g/mol. The first kappa shape index (κ1) is 35.9. The number of hydrogen-bond donors (Lipinski definition) is 2. The fourth-order valence-corrected chi connectivity index (χ4v) is 7.76. The summed E-state index contributed by atoms with van der Waals surface area (Å²) in [5, 5.41) is 15.5. The third kappa shape index (κ3) is 7.28. The van der Waals surface area contributed by atoms with E-state index in [1.165, 1.54) is 10.9 Å². The molecule has 0 saturated carbocycles. The Hall–Kier alpha value is -5.50. The minimum atomic E-state index is -0.958. The van der Waals surface area contributed by atoms with E-state index in [-0.39, 0.29) is 29.2 Å². The number of thiophene rings is 1. The second-order valence-corrected chi connectivity index (χ2v) is 14.3. The molecule has 0 fully saturated rings. The van der Waals surface area contributed by atoms with E-state index in [9.17, 15) is 19.2 Å². The Labute approximate surface area is 314 Å². The topological polar surface area (TPSA) is 154 Å². The molecule has 0 unspecified atom stereocenters. The van der Waals surface area contributed by atoms with Crippen LogP contribution in [0.4, 0.5) is 0 Å². The number of carbonyl (C=O) groups excluding carboxylic acids is 4. The molecule has 0 saturated heterocycles. The van der Waals surface area contributed by atoms with Crippen LogP contribution in [-0.4, -0.2) is 63.7 Å². The van der Waals surface area contributed by atoms with Gasteiger partial charge in [-0.3, -0.25) is 34.1 Å². The zero-order valence-corrected chi connectivity index (χ0v) is 30.8. The molecule has 0 bridgehead atoms. The van der Waals surface area contributed by atoms with Crippen LogP contribution in [0.1, 0.15) is 78.4 Å². The number of ketones is 1. The smallest absolute Gasteiger partial charge is 0.299 e. The number of nitrogens with zero attached hydrogens (tertiary/aromatic N) is 4. The van der Waals surface area contributed by atoms with Crippen LogP contribution in [0.15, 0.2) is 71.7 Å². The number of rotatable bonds is 12. The Morgan fingerprint density at radius 2 is 1.70 bits per heavy atom. The summed E-state index contributed by atoms with van der Waals surface area (Å²) in [5.74, 6) is -0.549. The lowest BCUT2D eigenvalue weighted by molar-refractivity contribution is -0.121. The molecule has 2 aliphatic rings. The van der Waals surface area contributed by atoms with Gasteiger partial charge < -0.3 is 14.8 Å². The van der Waals surface area contributed by atoms with Crippen LogP contribution in [0.25, 0.3) is 5.00 Å². The molecule has 4 heterocycles. The van der Waals surface area contributed by atoms with E-state index in [2.05, 4.69) is 34.7 Å². The number of aryl methyl sites for hydroxylation is 3. The van der Waals surface area contributed by atoms with Crippen molar-refractivity contribution in [2.75, 3.05) is 19.8 Å². The zero-order chi connectivity index (χ0) is 37.2. The Balaban J connectivity index is 0.948. The predicted molar refractivity (Wildman–Crippen MR) is 200 cm³/mol. The number of ether oxygens (including phenoxy) is 2. The molecule has 2 N–H and O–H groups in total. The Kier molecular flexibility index (Phi) is 10.3. The maximum atomic E-state index is 13.3. The van der Waals surface area contributed by atoms with Crippen molar-refractivity contribution in [3.63, 3.8) is 0 Å².